The van der Waals surface area contributed by atoms with Crippen molar-refractivity contribution in [3.8, 4) is 0 Å². The van der Waals surface area contributed by atoms with Crippen molar-refractivity contribution in [1.29, 1.82) is 0 Å². The van der Waals surface area contributed by atoms with Crippen molar-refractivity contribution in [2.45, 2.75) is 20.0 Å². The fourth-order valence-corrected chi connectivity index (χ4v) is 1.39. The molecule has 2 nitrogen and oxygen atoms in total. The molecule has 1 unspecified atom stereocenters. The molecule has 1 atom stereocenters. The van der Waals surface area contributed by atoms with Crippen LogP contribution in [0.15, 0.2) is 18.2 Å². The van der Waals surface area contributed by atoms with E-state index in [9.17, 15) is 5.11 Å². The highest BCUT2D eigenvalue weighted by atomic mass is 16.3. The molecule has 13 heavy (non-hydrogen) atoms. The minimum absolute atomic E-state index is 0.142. The summed E-state index contributed by atoms with van der Waals surface area (Å²) in [6.45, 7) is 10.8. The average Bonchev–Trinajstić information content (AvgIpc) is 2.03. The van der Waals surface area contributed by atoms with Crippen LogP contribution in [0.5, 0.6) is 0 Å². The summed E-state index contributed by atoms with van der Waals surface area (Å²) in [7, 11) is 0. The Balaban J connectivity index is 2.95. The van der Waals surface area contributed by atoms with E-state index in [1.54, 1.807) is 0 Å². The van der Waals surface area contributed by atoms with Crippen LogP contribution in [0.2, 0.25) is 0 Å². The Morgan fingerprint density at radius 2 is 1.85 bits per heavy atom. The molecule has 1 N–H and O–H groups in total. The van der Waals surface area contributed by atoms with Gasteiger partial charge in [0.1, 0.15) is 0 Å². The Morgan fingerprint density at radius 3 is 2.31 bits per heavy atom. The van der Waals surface area contributed by atoms with Crippen molar-refractivity contribution in [3.63, 3.8) is 0 Å². The standard InChI is InChI=1S/C11H13NO/c1-8-4-9(2)6-10(5-8)11(13)7-12-3/h4-6,11,13H,7H2,1-2H3. The number of benzene rings is 1. The van der Waals surface area contributed by atoms with Crippen molar-refractivity contribution in [2.75, 3.05) is 6.54 Å². The van der Waals surface area contributed by atoms with Crippen molar-refractivity contribution >= 4 is 0 Å². The van der Waals surface area contributed by atoms with Crippen molar-refractivity contribution < 1.29 is 5.11 Å². The number of nitrogens with zero attached hydrogens (tertiary/aromatic N) is 1. The summed E-state index contributed by atoms with van der Waals surface area (Å²) >= 11 is 0. The second-order valence-corrected chi connectivity index (χ2v) is 3.28. The lowest BCUT2D eigenvalue weighted by Gasteiger charge is -2.06. The van der Waals surface area contributed by atoms with Gasteiger partial charge in [-0.25, -0.2) is 6.57 Å². The molecule has 0 radical (unpaired) electrons. The van der Waals surface area contributed by atoms with Gasteiger partial charge in [0, 0.05) is 0 Å². The first-order valence-corrected chi connectivity index (χ1v) is 4.23. The van der Waals surface area contributed by atoms with E-state index in [0.29, 0.717) is 0 Å². The van der Waals surface area contributed by atoms with Gasteiger partial charge < -0.3 is 9.95 Å². The van der Waals surface area contributed by atoms with E-state index in [-0.39, 0.29) is 6.54 Å². The van der Waals surface area contributed by atoms with Crippen LogP contribution < -0.4 is 0 Å². The maximum Gasteiger partial charge on any atom is 0.244 e. The Labute approximate surface area is 78.7 Å². The zero-order valence-corrected chi connectivity index (χ0v) is 7.91. The summed E-state index contributed by atoms with van der Waals surface area (Å²) in [5, 5.41) is 9.56. The minimum atomic E-state index is -0.643. The first-order chi connectivity index (χ1) is 6.13. The van der Waals surface area contributed by atoms with Crippen LogP contribution in [-0.4, -0.2) is 11.7 Å². The largest absolute Gasteiger partial charge is 0.381 e. The SMILES string of the molecule is [C-]#[N+]CC(O)c1cc(C)cc(C)c1. The average molecular weight is 175 g/mol. The molecule has 1 aromatic carbocycles. The maximum atomic E-state index is 9.56. The Morgan fingerprint density at radius 1 is 1.31 bits per heavy atom. The molecule has 0 amide bonds. The first-order valence-electron chi connectivity index (χ1n) is 4.23. The third kappa shape index (κ3) is 2.57. The van der Waals surface area contributed by atoms with Gasteiger partial charge in [-0.3, -0.25) is 0 Å². The first kappa shape index (κ1) is 9.76. The van der Waals surface area contributed by atoms with Crippen LogP contribution in [0, 0.1) is 20.4 Å². The van der Waals surface area contributed by atoms with Gasteiger partial charge in [-0.1, -0.05) is 29.3 Å². The molecule has 1 rings (SSSR count). The van der Waals surface area contributed by atoms with Crippen LogP contribution in [0.25, 0.3) is 4.85 Å². The van der Waals surface area contributed by atoms with E-state index in [4.69, 9.17) is 6.57 Å². The van der Waals surface area contributed by atoms with E-state index in [1.807, 2.05) is 32.0 Å². The molecule has 0 bridgehead atoms. The molecule has 0 fully saturated rings. The number of aliphatic hydroxyl groups excluding tert-OH is 1. The highest BCUT2D eigenvalue weighted by molar-refractivity contribution is 5.30. The lowest BCUT2D eigenvalue weighted by molar-refractivity contribution is 0.195. The smallest absolute Gasteiger partial charge is 0.244 e. The van der Waals surface area contributed by atoms with Gasteiger partial charge in [0.05, 0.1) is 0 Å². The molecule has 1 aromatic rings. The van der Waals surface area contributed by atoms with Gasteiger partial charge >= 0.3 is 0 Å². The third-order valence-corrected chi connectivity index (χ3v) is 1.89. The highest BCUT2D eigenvalue weighted by Gasteiger charge is 2.10. The van der Waals surface area contributed by atoms with Crippen molar-refractivity contribution in [1.82, 2.24) is 0 Å². The summed E-state index contributed by atoms with van der Waals surface area (Å²) in [5.74, 6) is 0. The van der Waals surface area contributed by atoms with E-state index < -0.39 is 6.10 Å². The van der Waals surface area contributed by atoms with Gasteiger partial charge in [-0.2, -0.15) is 0 Å². The molecular weight excluding hydrogens is 162 g/mol. The van der Waals surface area contributed by atoms with Gasteiger partial charge in [0.2, 0.25) is 6.54 Å². The lowest BCUT2D eigenvalue weighted by Crippen LogP contribution is -2.00. The molecule has 0 aromatic heterocycles. The molecule has 0 heterocycles. The predicted octanol–water partition coefficient (Wildman–Crippen LogP) is 2.26. The Hall–Kier alpha value is -1.33. The van der Waals surface area contributed by atoms with Crippen LogP contribution in [0.4, 0.5) is 0 Å². The second-order valence-electron chi connectivity index (χ2n) is 3.28. The third-order valence-electron chi connectivity index (χ3n) is 1.89. The number of hydrogen-bond acceptors (Lipinski definition) is 1. The summed E-state index contributed by atoms with van der Waals surface area (Å²) in [4.78, 5) is 3.17. The summed E-state index contributed by atoms with van der Waals surface area (Å²) < 4.78 is 0. The maximum absolute atomic E-state index is 9.56. The Kier molecular flexibility index (Phi) is 3.05. The number of aryl methyl sites for hydroxylation is 2. The van der Waals surface area contributed by atoms with E-state index in [1.165, 1.54) is 0 Å². The monoisotopic (exact) mass is 175 g/mol. The minimum Gasteiger partial charge on any atom is -0.381 e. The molecule has 0 spiro atoms. The van der Waals surface area contributed by atoms with Crippen LogP contribution in [0.1, 0.15) is 22.8 Å². The molecule has 0 aliphatic heterocycles. The highest BCUT2D eigenvalue weighted by Crippen LogP contribution is 2.16. The van der Waals surface area contributed by atoms with Crippen LogP contribution in [0.3, 0.4) is 0 Å². The molecule has 68 valence electrons. The van der Waals surface area contributed by atoms with E-state index >= 15 is 0 Å². The zero-order valence-electron chi connectivity index (χ0n) is 7.91. The van der Waals surface area contributed by atoms with Gasteiger partial charge in [0.15, 0.2) is 6.10 Å². The summed E-state index contributed by atoms with van der Waals surface area (Å²) in [6, 6.07) is 5.89. The van der Waals surface area contributed by atoms with E-state index in [2.05, 4.69) is 4.85 Å². The second kappa shape index (κ2) is 4.06. The molecule has 0 aliphatic carbocycles. The van der Waals surface area contributed by atoms with Crippen molar-refractivity contribution in [2.24, 2.45) is 0 Å². The fraction of sp³-hybridized carbons (Fsp3) is 0.364. The summed E-state index contributed by atoms with van der Waals surface area (Å²) in [6.07, 6.45) is -0.643. The summed E-state index contributed by atoms with van der Waals surface area (Å²) in [5.41, 5.74) is 3.09. The number of aliphatic hydroxyl groups is 1. The van der Waals surface area contributed by atoms with Crippen LogP contribution in [-0.2, 0) is 0 Å². The normalized spacial score (nSPS) is 12.2. The lowest BCUT2D eigenvalue weighted by atomic mass is 10.0. The Bertz CT molecular complexity index is 318. The fourth-order valence-electron chi connectivity index (χ4n) is 1.39. The number of hydrogen-bond donors (Lipinski definition) is 1. The zero-order chi connectivity index (χ0) is 9.84. The quantitative estimate of drug-likeness (QED) is 0.685. The predicted molar refractivity (Wildman–Crippen MR) is 52.3 cm³/mol. The number of rotatable bonds is 2. The van der Waals surface area contributed by atoms with Gasteiger partial charge in [-0.15, -0.1) is 0 Å². The van der Waals surface area contributed by atoms with Gasteiger partial charge in [-0.05, 0) is 19.4 Å². The molecule has 0 saturated heterocycles. The molecule has 0 aliphatic rings. The van der Waals surface area contributed by atoms with Crippen LogP contribution >= 0.6 is 0 Å². The molecule has 2 heteroatoms. The molecular formula is C11H13NO. The topological polar surface area (TPSA) is 24.6 Å². The van der Waals surface area contributed by atoms with Crippen molar-refractivity contribution in [3.05, 3.63) is 46.3 Å². The van der Waals surface area contributed by atoms with Gasteiger partial charge in [0.25, 0.3) is 0 Å². The molecule has 0 saturated carbocycles. The van der Waals surface area contributed by atoms with E-state index in [0.717, 1.165) is 16.7 Å².